The number of fused-ring (bicyclic) bond motifs is 1. The van der Waals surface area contributed by atoms with Gasteiger partial charge in [-0.3, -0.25) is 4.79 Å². The Morgan fingerprint density at radius 3 is 2.82 bits per heavy atom. The minimum absolute atomic E-state index is 0.0710. The summed E-state index contributed by atoms with van der Waals surface area (Å²) < 4.78 is 0. The van der Waals surface area contributed by atoms with Gasteiger partial charge in [-0.15, -0.1) is 0 Å². The highest BCUT2D eigenvalue weighted by atomic mass is 16.3. The minimum atomic E-state index is -0.878. The summed E-state index contributed by atoms with van der Waals surface area (Å²) >= 11 is 0. The summed E-state index contributed by atoms with van der Waals surface area (Å²) in [5, 5.41) is 10.1. The molecule has 0 heterocycles. The molecule has 1 N–H and O–H groups in total. The van der Waals surface area contributed by atoms with Crippen LogP contribution in [0.2, 0.25) is 0 Å². The first-order valence-corrected chi connectivity index (χ1v) is 6.46. The van der Waals surface area contributed by atoms with E-state index in [-0.39, 0.29) is 17.1 Å². The van der Waals surface area contributed by atoms with E-state index in [0.717, 1.165) is 30.4 Å². The Morgan fingerprint density at radius 2 is 2.24 bits per heavy atom. The topological polar surface area (TPSA) is 37.3 Å². The molecule has 2 aliphatic rings. The molecule has 0 aromatic heterocycles. The Bertz CT molecular complexity index is 394. The monoisotopic (exact) mass is 234 g/mol. The zero-order chi connectivity index (χ0) is 12.8. The highest BCUT2D eigenvalue weighted by molar-refractivity contribution is 6.01. The zero-order valence-electron chi connectivity index (χ0n) is 11.0. The Balaban J connectivity index is 2.43. The van der Waals surface area contributed by atoms with Crippen molar-refractivity contribution in [1.29, 1.82) is 0 Å². The first kappa shape index (κ1) is 12.6. The van der Waals surface area contributed by atoms with Crippen LogP contribution in [0.1, 0.15) is 40.0 Å². The molecule has 0 aromatic carbocycles. The van der Waals surface area contributed by atoms with E-state index in [0.29, 0.717) is 5.92 Å². The van der Waals surface area contributed by atoms with Crippen LogP contribution in [0.3, 0.4) is 0 Å². The molecule has 0 aromatic rings. The Labute approximate surface area is 103 Å². The number of allylic oxidation sites excluding steroid dienone is 1. The summed E-state index contributed by atoms with van der Waals surface area (Å²) in [6.07, 6.45) is 4.11. The molecule has 2 rings (SSSR count). The zero-order valence-corrected chi connectivity index (χ0v) is 11.0. The maximum Gasteiger partial charge on any atom is 0.188 e. The number of carbonyl (C=O) groups excluding carboxylic acids is 1. The lowest BCUT2D eigenvalue weighted by Crippen LogP contribution is -2.48. The number of aliphatic hydroxyl groups excluding tert-OH is 1. The maximum absolute atomic E-state index is 12.3. The van der Waals surface area contributed by atoms with Crippen LogP contribution in [0.25, 0.3) is 0 Å². The molecular weight excluding hydrogens is 212 g/mol. The first-order valence-electron chi connectivity index (χ1n) is 6.46. The van der Waals surface area contributed by atoms with Crippen molar-refractivity contribution in [2.45, 2.75) is 46.1 Å². The van der Waals surface area contributed by atoms with E-state index in [1.54, 1.807) is 0 Å². The largest absolute Gasteiger partial charge is 0.384 e. The lowest BCUT2D eigenvalue weighted by atomic mass is 9.56. The number of carbonyl (C=O) groups is 1. The van der Waals surface area contributed by atoms with E-state index in [1.165, 1.54) is 0 Å². The van der Waals surface area contributed by atoms with E-state index in [2.05, 4.69) is 20.4 Å². The van der Waals surface area contributed by atoms with Gasteiger partial charge in [0.2, 0.25) is 0 Å². The molecule has 2 heteroatoms. The second-order valence-corrected chi connectivity index (χ2v) is 5.98. The molecule has 0 radical (unpaired) electrons. The number of ketones is 1. The molecule has 1 fully saturated rings. The highest BCUT2D eigenvalue weighted by Crippen LogP contribution is 2.51. The van der Waals surface area contributed by atoms with Crippen LogP contribution in [0.15, 0.2) is 23.8 Å². The van der Waals surface area contributed by atoms with E-state index in [9.17, 15) is 9.90 Å². The average molecular weight is 234 g/mol. The number of hydrogen-bond acceptors (Lipinski definition) is 2. The average Bonchev–Trinajstić information content (AvgIpc) is 2.26. The maximum atomic E-state index is 12.3. The molecule has 2 aliphatic carbocycles. The minimum Gasteiger partial charge on any atom is -0.384 e. The fraction of sp³-hybridized carbons (Fsp3) is 0.667. The lowest BCUT2D eigenvalue weighted by molar-refractivity contribution is -0.131. The number of rotatable bonds is 1. The van der Waals surface area contributed by atoms with E-state index >= 15 is 0 Å². The van der Waals surface area contributed by atoms with Crippen LogP contribution in [0, 0.1) is 17.3 Å². The molecule has 1 saturated carbocycles. The van der Waals surface area contributed by atoms with E-state index < -0.39 is 6.10 Å². The standard InChI is InChI=1S/C15H22O2/c1-9(2)11-8-15(4)10(3)6-5-7-12(15)14(17)13(11)16/h7,10-11,13,16H,1,5-6,8H2,2-4H3. The van der Waals surface area contributed by atoms with Crippen LogP contribution in [-0.4, -0.2) is 17.0 Å². The highest BCUT2D eigenvalue weighted by Gasteiger charge is 2.49. The molecule has 0 saturated heterocycles. The molecule has 17 heavy (non-hydrogen) atoms. The first-order chi connectivity index (χ1) is 7.88. The van der Waals surface area contributed by atoms with Crippen molar-refractivity contribution in [1.82, 2.24) is 0 Å². The van der Waals surface area contributed by atoms with Crippen LogP contribution in [0.5, 0.6) is 0 Å². The molecule has 0 spiro atoms. The molecular formula is C15H22O2. The van der Waals surface area contributed by atoms with Crippen LogP contribution in [0.4, 0.5) is 0 Å². The molecule has 94 valence electrons. The summed E-state index contributed by atoms with van der Waals surface area (Å²) in [7, 11) is 0. The van der Waals surface area contributed by atoms with Crippen molar-refractivity contribution < 1.29 is 9.90 Å². The van der Waals surface area contributed by atoms with Gasteiger partial charge in [-0.2, -0.15) is 0 Å². The van der Waals surface area contributed by atoms with E-state index in [1.807, 2.05) is 13.0 Å². The van der Waals surface area contributed by atoms with Crippen LogP contribution < -0.4 is 0 Å². The van der Waals surface area contributed by atoms with Gasteiger partial charge in [0.15, 0.2) is 5.78 Å². The normalized spacial score (nSPS) is 41.8. The molecule has 4 atom stereocenters. The summed E-state index contributed by atoms with van der Waals surface area (Å²) in [5.41, 5.74) is 1.71. The third-order valence-corrected chi connectivity index (χ3v) is 4.84. The second-order valence-electron chi connectivity index (χ2n) is 5.98. The SMILES string of the molecule is C=C(C)C1CC2(C)C(=CCCC2C)C(=O)C1O. The van der Waals surface area contributed by atoms with Crippen molar-refractivity contribution in [2.24, 2.45) is 17.3 Å². The van der Waals surface area contributed by atoms with Gasteiger partial charge in [0.25, 0.3) is 0 Å². The van der Waals surface area contributed by atoms with Gasteiger partial charge in [0.1, 0.15) is 6.10 Å². The van der Waals surface area contributed by atoms with Crippen molar-refractivity contribution in [3.63, 3.8) is 0 Å². The van der Waals surface area contributed by atoms with E-state index in [4.69, 9.17) is 0 Å². The van der Waals surface area contributed by atoms with Crippen molar-refractivity contribution >= 4 is 5.78 Å². The van der Waals surface area contributed by atoms with Gasteiger partial charge in [-0.1, -0.05) is 32.1 Å². The number of hydrogen-bond donors (Lipinski definition) is 1. The predicted octanol–water partition coefficient (Wildman–Crippen LogP) is 2.88. The second kappa shape index (κ2) is 4.09. The predicted molar refractivity (Wildman–Crippen MR) is 68.5 cm³/mol. The van der Waals surface area contributed by atoms with Gasteiger partial charge >= 0.3 is 0 Å². The third-order valence-electron chi connectivity index (χ3n) is 4.84. The van der Waals surface area contributed by atoms with Crippen molar-refractivity contribution in [3.05, 3.63) is 23.8 Å². The molecule has 2 nitrogen and oxygen atoms in total. The van der Waals surface area contributed by atoms with Gasteiger partial charge in [0.05, 0.1) is 0 Å². The van der Waals surface area contributed by atoms with Gasteiger partial charge < -0.3 is 5.11 Å². The van der Waals surface area contributed by atoms with Crippen molar-refractivity contribution in [2.75, 3.05) is 0 Å². The fourth-order valence-electron chi connectivity index (χ4n) is 3.34. The summed E-state index contributed by atoms with van der Waals surface area (Å²) in [4.78, 5) is 12.3. The molecule has 4 unspecified atom stereocenters. The van der Waals surface area contributed by atoms with Gasteiger partial charge in [-0.25, -0.2) is 0 Å². The Morgan fingerprint density at radius 1 is 1.59 bits per heavy atom. The molecule has 0 bridgehead atoms. The number of aliphatic hydroxyl groups is 1. The van der Waals surface area contributed by atoms with Gasteiger partial charge in [0, 0.05) is 11.5 Å². The number of Topliss-reactive ketones (excluding diaryl/α,β-unsaturated/α-hetero) is 1. The Kier molecular flexibility index (Phi) is 3.03. The quantitative estimate of drug-likeness (QED) is 0.708. The van der Waals surface area contributed by atoms with Crippen LogP contribution >= 0.6 is 0 Å². The molecule has 0 aliphatic heterocycles. The lowest BCUT2D eigenvalue weighted by Gasteiger charge is -2.48. The summed E-state index contributed by atoms with van der Waals surface area (Å²) in [5.74, 6) is 0.351. The van der Waals surface area contributed by atoms with Gasteiger partial charge in [-0.05, 0) is 37.5 Å². The smallest absolute Gasteiger partial charge is 0.188 e. The summed E-state index contributed by atoms with van der Waals surface area (Å²) in [6, 6.07) is 0. The molecule has 0 amide bonds. The fourth-order valence-corrected chi connectivity index (χ4v) is 3.34. The third kappa shape index (κ3) is 1.79. The van der Waals surface area contributed by atoms with Crippen molar-refractivity contribution in [3.8, 4) is 0 Å². The Hall–Kier alpha value is -0.890. The summed E-state index contributed by atoms with van der Waals surface area (Å²) in [6.45, 7) is 10.2. The van der Waals surface area contributed by atoms with Crippen LogP contribution in [-0.2, 0) is 4.79 Å².